The minimum Gasteiger partial charge on any atom is -0.488 e. The molecule has 0 saturated carbocycles. The van der Waals surface area contributed by atoms with Gasteiger partial charge in [0.25, 0.3) is 0 Å². The summed E-state index contributed by atoms with van der Waals surface area (Å²) in [6.45, 7) is 4.42. The van der Waals surface area contributed by atoms with E-state index >= 15 is 0 Å². The second kappa shape index (κ2) is 10.5. The Morgan fingerprint density at radius 3 is 2.76 bits per heavy atom. The van der Waals surface area contributed by atoms with Gasteiger partial charge in [-0.05, 0) is 24.2 Å². The molecule has 0 aliphatic rings. The van der Waals surface area contributed by atoms with Crippen LogP contribution in [0.4, 0.5) is 4.39 Å². The van der Waals surface area contributed by atoms with E-state index in [0.717, 1.165) is 12.1 Å². The molecule has 6 heteroatoms. The van der Waals surface area contributed by atoms with E-state index in [2.05, 4.69) is 5.32 Å². The Kier molecular flexibility index (Phi) is 8.93. The number of halogens is 1. The van der Waals surface area contributed by atoms with Gasteiger partial charge in [0, 0.05) is 13.7 Å². The summed E-state index contributed by atoms with van der Waals surface area (Å²) in [5, 5.41) is 12.8. The third kappa shape index (κ3) is 7.38. The maximum atomic E-state index is 13.8. The van der Waals surface area contributed by atoms with Crippen molar-refractivity contribution < 1.29 is 23.7 Å². The maximum absolute atomic E-state index is 13.8. The molecule has 1 aromatic carbocycles. The highest BCUT2D eigenvalue weighted by atomic mass is 19.1. The highest BCUT2D eigenvalue weighted by Gasteiger charge is 2.09. The zero-order valence-corrected chi connectivity index (χ0v) is 12.6. The molecule has 1 rings (SSSR count). The first-order valence-electron chi connectivity index (χ1n) is 7.04. The first-order valence-corrected chi connectivity index (χ1v) is 7.04. The molecule has 1 aromatic rings. The minimum atomic E-state index is -0.803. The monoisotopic (exact) mass is 301 g/mol. The average Bonchev–Trinajstić information content (AvgIpc) is 2.48. The summed E-state index contributed by atoms with van der Waals surface area (Å²) in [5.74, 6) is -0.302. The molecule has 0 heterocycles. The van der Waals surface area contributed by atoms with Crippen LogP contribution < -0.4 is 10.1 Å². The van der Waals surface area contributed by atoms with Gasteiger partial charge in [-0.25, -0.2) is 4.39 Å². The number of aliphatic hydroxyl groups is 1. The third-order valence-electron chi connectivity index (χ3n) is 2.75. The number of benzene rings is 1. The zero-order chi connectivity index (χ0) is 15.5. The Morgan fingerprint density at radius 1 is 1.29 bits per heavy atom. The van der Waals surface area contributed by atoms with Gasteiger partial charge < -0.3 is 24.6 Å². The summed E-state index contributed by atoms with van der Waals surface area (Å²) >= 11 is 0. The van der Waals surface area contributed by atoms with Crippen LogP contribution in [0.2, 0.25) is 0 Å². The van der Waals surface area contributed by atoms with Gasteiger partial charge in [-0.15, -0.1) is 0 Å². The SMILES string of the molecule is CCNCc1ccc(OCC(O)COCCOC)c(F)c1. The maximum Gasteiger partial charge on any atom is 0.165 e. The van der Waals surface area contributed by atoms with Gasteiger partial charge in [-0.2, -0.15) is 0 Å². The second-order valence-electron chi connectivity index (χ2n) is 4.58. The molecule has 0 aliphatic carbocycles. The van der Waals surface area contributed by atoms with Crippen molar-refractivity contribution in [3.05, 3.63) is 29.6 Å². The van der Waals surface area contributed by atoms with E-state index in [0.29, 0.717) is 19.8 Å². The molecule has 0 amide bonds. The molecule has 0 fully saturated rings. The number of hydrogen-bond acceptors (Lipinski definition) is 5. The fourth-order valence-corrected chi connectivity index (χ4v) is 1.64. The highest BCUT2D eigenvalue weighted by Crippen LogP contribution is 2.18. The Hall–Kier alpha value is -1.21. The molecule has 0 bridgehead atoms. The first-order chi connectivity index (χ1) is 10.2. The number of nitrogens with one attached hydrogen (secondary N) is 1. The van der Waals surface area contributed by atoms with E-state index in [1.54, 1.807) is 19.2 Å². The van der Waals surface area contributed by atoms with Gasteiger partial charge in [0.15, 0.2) is 11.6 Å². The quantitative estimate of drug-likeness (QED) is 0.604. The summed E-state index contributed by atoms with van der Waals surface area (Å²) in [7, 11) is 1.57. The van der Waals surface area contributed by atoms with E-state index in [4.69, 9.17) is 14.2 Å². The molecule has 1 unspecified atom stereocenters. The first kappa shape index (κ1) is 17.8. The van der Waals surface area contributed by atoms with Gasteiger partial charge in [0.05, 0.1) is 19.8 Å². The second-order valence-corrected chi connectivity index (χ2v) is 4.58. The Bertz CT molecular complexity index is 403. The van der Waals surface area contributed by atoms with Crippen LogP contribution >= 0.6 is 0 Å². The van der Waals surface area contributed by atoms with Crippen molar-refractivity contribution in [3.63, 3.8) is 0 Å². The molecule has 0 aromatic heterocycles. The summed E-state index contributed by atoms with van der Waals surface area (Å²) in [5.41, 5.74) is 0.852. The molecule has 5 nitrogen and oxygen atoms in total. The van der Waals surface area contributed by atoms with E-state index in [-0.39, 0.29) is 19.0 Å². The molecule has 120 valence electrons. The van der Waals surface area contributed by atoms with Crippen molar-refractivity contribution in [2.24, 2.45) is 0 Å². The number of aliphatic hydroxyl groups excluding tert-OH is 1. The van der Waals surface area contributed by atoms with Crippen LogP contribution in [0.5, 0.6) is 5.75 Å². The van der Waals surface area contributed by atoms with Gasteiger partial charge in [0.2, 0.25) is 0 Å². The van der Waals surface area contributed by atoms with Crippen LogP contribution in [0.15, 0.2) is 18.2 Å². The van der Waals surface area contributed by atoms with Gasteiger partial charge in [-0.3, -0.25) is 0 Å². The van der Waals surface area contributed by atoms with Crippen molar-refractivity contribution in [2.75, 3.05) is 40.1 Å². The van der Waals surface area contributed by atoms with E-state index in [9.17, 15) is 9.50 Å². The van der Waals surface area contributed by atoms with Crippen molar-refractivity contribution in [2.45, 2.75) is 19.6 Å². The van der Waals surface area contributed by atoms with E-state index in [1.165, 1.54) is 6.07 Å². The summed E-state index contributed by atoms with van der Waals surface area (Å²) in [4.78, 5) is 0. The summed E-state index contributed by atoms with van der Waals surface area (Å²) < 4.78 is 29.0. The van der Waals surface area contributed by atoms with Crippen molar-refractivity contribution >= 4 is 0 Å². The number of methoxy groups -OCH3 is 1. The molecule has 1 atom stereocenters. The molecular formula is C15H24FNO4. The van der Waals surface area contributed by atoms with Gasteiger partial charge >= 0.3 is 0 Å². The van der Waals surface area contributed by atoms with Crippen LogP contribution in [0.25, 0.3) is 0 Å². The Labute approximate surface area is 125 Å². The van der Waals surface area contributed by atoms with E-state index in [1.807, 2.05) is 6.92 Å². The summed E-state index contributed by atoms with van der Waals surface area (Å²) in [6.07, 6.45) is -0.803. The molecule has 0 aliphatic heterocycles. The lowest BCUT2D eigenvalue weighted by Crippen LogP contribution is -2.24. The van der Waals surface area contributed by atoms with Gasteiger partial charge in [-0.1, -0.05) is 13.0 Å². The lowest BCUT2D eigenvalue weighted by atomic mass is 10.2. The number of ether oxygens (including phenoxy) is 3. The molecule has 2 N–H and O–H groups in total. The highest BCUT2D eigenvalue weighted by molar-refractivity contribution is 5.29. The fourth-order valence-electron chi connectivity index (χ4n) is 1.64. The molecular weight excluding hydrogens is 277 g/mol. The van der Waals surface area contributed by atoms with E-state index < -0.39 is 11.9 Å². The largest absolute Gasteiger partial charge is 0.488 e. The number of rotatable bonds is 11. The van der Waals surface area contributed by atoms with Gasteiger partial charge in [0.1, 0.15) is 12.7 Å². The molecule has 0 saturated heterocycles. The predicted molar refractivity (Wildman–Crippen MR) is 78.0 cm³/mol. The molecule has 0 spiro atoms. The smallest absolute Gasteiger partial charge is 0.165 e. The summed E-state index contributed by atoms with van der Waals surface area (Å²) in [6, 6.07) is 4.79. The average molecular weight is 301 g/mol. The topological polar surface area (TPSA) is 60.0 Å². The van der Waals surface area contributed by atoms with Crippen molar-refractivity contribution in [1.82, 2.24) is 5.32 Å². The van der Waals surface area contributed by atoms with Crippen LogP contribution in [-0.4, -0.2) is 51.3 Å². The molecule has 21 heavy (non-hydrogen) atoms. The standard InChI is InChI=1S/C15H24FNO4/c1-3-17-9-12-4-5-15(14(16)8-12)21-11-13(18)10-20-7-6-19-2/h4-5,8,13,17-18H,3,6-7,9-11H2,1-2H3. The van der Waals surface area contributed by atoms with Crippen molar-refractivity contribution in [1.29, 1.82) is 0 Å². The minimum absolute atomic E-state index is 0.0174. The van der Waals surface area contributed by atoms with Crippen LogP contribution in [-0.2, 0) is 16.0 Å². The fraction of sp³-hybridized carbons (Fsp3) is 0.600. The predicted octanol–water partition coefficient (Wildman–Crippen LogP) is 1.34. The third-order valence-corrected chi connectivity index (χ3v) is 2.75. The lowest BCUT2D eigenvalue weighted by Gasteiger charge is -2.13. The molecule has 0 radical (unpaired) electrons. The van der Waals surface area contributed by atoms with Crippen LogP contribution in [0.3, 0.4) is 0 Å². The lowest BCUT2D eigenvalue weighted by molar-refractivity contribution is -0.00469. The Morgan fingerprint density at radius 2 is 2.10 bits per heavy atom. The zero-order valence-electron chi connectivity index (χ0n) is 12.6. The Balaban J connectivity index is 2.34. The van der Waals surface area contributed by atoms with Crippen LogP contribution in [0, 0.1) is 5.82 Å². The number of hydrogen-bond donors (Lipinski definition) is 2. The normalized spacial score (nSPS) is 12.4. The van der Waals surface area contributed by atoms with Crippen molar-refractivity contribution in [3.8, 4) is 5.75 Å². The van der Waals surface area contributed by atoms with Crippen LogP contribution in [0.1, 0.15) is 12.5 Å².